The van der Waals surface area contributed by atoms with Gasteiger partial charge in [-0.2, -0.15) is 4.31 Å². The van der Waals surface area contributed by atoms with Gasteiger partial charge in [0.05, 0.1) is 25.7 Å². The normalized spacial score (nSPS) is 15.2. The van der Waals surface area contributed by atoms with Crippen LogP contribution in [0.1, 0.15) is 23.2 Å². The fourth-order valence-electron chi connectivity index (χ4n) is 3.03. The Bertz CT molecular complexity index is 1170. The molecule has 1 aliphatic rings. The van der Waals surface area contributed by atoms with E-state index in [2.05, 4.69) is 10.3 Å². The summed E-state index contributed by atoms with van der Waals surface area (Å²) in [4.78, 5) is 17.0. The van der Waals surface area contributed by atoms with Crippen LogP contribution in [-0.4, -0.2) is 36.7 Å². The Morgan fingerprint density at radius 1 is 1.11 bits per heavy atom. The van der Waals surface area contributed by atoms with E-state index in [1.807, 2.05) is 0 Å². The summed E-state index contributed by atoms with van der Waals surface area (Å²) in [5, 5.41) is 3.74. The van der Waals surface area contributed by atoms with Crippen LogP contribution in [0, 0.1) is 0 Å². The Hall–Kier alpha value is -1.71. The summed E-state index contributed by atoms with van der Waals surface area (Å²) in [7, 11) is -3.50. The highest BCUT2D eigenvalue weighted by Crippen LogP contribution is 2.31. The van der Waals surface area contributed by atoms with Crippen LogP contribution in [0.25, 0.3) is 10.2 Å². The van der Waals surface area contributed by atoms with Crippen LogP contribution < -0.4 is 5.32 Å². The molecule has 0 unspecified atom stereocenters. The Balaban J connectivity index is 1.60. The fourth-order valence-corrected chi connectivity index (χ4v) is 6.05. The van der Waals surface area contributed by atoms with E-state index in [1.54, 1.807) is 24.3 Å². The lowest BCUT2D eigenvalue weighted by atomic mass is 10.2. The predicted molar refractivity (Wildman–Crippen MR) is 112 cm³/mol. The molecule has 0 spiro atoms. The van der Waals surface area contributed by atoms with Crippen molar-refractivity contribution in [1.29, 1.82) is 0 Å². The van der Waals surface area contributed by atoms with Crippen molar-refractivity contribution in [1.82, 2.24) is 9.29 Å². The molecule has 4 rings (SSSR count). The summed E-state index contributed by atoms with van der Waals surface area (Å²) >= 11 is 13.1. The third-order valence-electron chi connectivity index (χ3n) is 4.46. The van der Waals surface area contributed by atoms with Gasteiger partial charge in [-0.05, 0) is 49.2 Å². The molecule has 28 heavy (non-hydrogen) atoms. The maximum absolute atomic E-state index is 12.7. The van der Waals surface area contributed by atoms with Crippen LogP contribution in [-0.2, 0) is 10.0 Å². The zero-order valence-corrected chi connectivity index (χ0v) is 17.6. The Kier molecular flexibility index (Phi) is 5.32. The first-order chi connectivity index (χ1) is 13.3. The van der Waals surface area contributed by atoms with Crippen molar-refractivity contribution >= 4 is 65.8 Å². The fraction of sp³-hybridized carbons (Fsp3) is 0.222. The predicted octanol–water partition coefficient (Wildman–Crippen LogP) is 4.64. The molecule has 1 aromatic heterocycles. The molecule has 0 aliphatic carbocycles. The molecule has 1 N–H and O–H groups in total. The van der Waals surface area contributed by atoms with Gasteiger partial charge in [0.2, 0.25) is 10.0 Å². The van der Waals surface area contributed by atoms with E-state index < -0.39 is 15.9 Å². The monoisotopic (exact) mass is 455 g/mol. The quantitative estimate of drug-likeness (QED) is 0.621. The standard InChI is InChI=1S/C18H15Cl2N3O3S2/c19-11-3-5-13(14(20)9-11)17(24)22-18-21-15-6-4-12(10-16(15)27-18)28(25,26)23-7-1-2-8-23/h3-6,9-10H,1-2,7-8H2,(H,21,22,24). The van der Waals surface area contributed by atoms with Crippen molar-refractivity contribution in [3.8, 4) is 0 Å². The van der Waals surface area contributed by atoms with Crippen LogP contribution in [0.15, 0.2) is 41.3 Å². The maximum atomic E-state index is 12.7. The lowest BCUT2D eigenvalue weighted by Crippen LogP contribution is -2.27. The minimum Gasteiger partial charge on any atom is -0.298 e. The van der Waals surface area contributed by atoms with E-state index >= 15 is 0 Å². The van der Waals surface area contributed by atoms with Gasteiger partial charge in [0.15, 0.2) is 5.13 Å². The lowest BCUT2D eigenvalue weighted by molar-refractivity contribution is 0.102. The van der Waals surface area contributed by atoms with Crippen LogP contribution in [0.2, 0.25) is 10.0 Å². The summed E-state index contributed by atoms with van der Waals surface area (Å²) in [6, 6.07) is 9.42. The number of carbonyl (C=O) groups is 1. The largest absolute Gasteiger partial charge is 0.298 e. The first-order valence-electron chi connectivity index (χ1n) is 8.52. The molecule has 0 saturated carbocycles. The summed E-state index contributed by atoms with van der Waals surface area (Å²) in [6.45, 7) is 1.10. The molecule has 3 aromatic rings. The number of nitrogens with zero attached hydrogens (tertiary/aromatic N) is 2. The number of aromatic nitrogens is 1. The molecule has 0 bridgehead atoms. The van der Waals surface area contributed by atoms with Crippen molar-refractivity contribution in [3.05, 3.63) is 52.0 Å². The van der Waals surface area contributed by atoms with Gasteiger partial charge in [-0.15, -0.1) is 0 Å². The third-order valence-corrected chi connectivity index (χ3v) is 7.83. The van der Waals surface area contributed by atoms with Gasteiger partial charge >= 0.3 is 0 Å². The maximum Gasteiger partial charge on any atom is 0.258 e. The molecule has 0 radical (unpaired) electrons. The second kappa shape index (κ2) is 7.61. The van der Waals surface area contributed by atoms with Crippen molar-refractivity contribution in [2.24, 2.45) is 0 Å². The molecular weight excluding hydrogens is 441 g/mol. The lowest BCUT2D eigenvalue weighted by Gasteiger charge is -2.15. The van der Waals surface area contributed by atoms with Gasteiger partial charge in [0.1, 0.15) is 0 Å². The summed E-state index contributed by atoms with van der Waals surface area (Å²) in [6.07, 6.45) is 1.76. The molecule has 6 nitrogen and oxygen atoms in total. The van der Waals surface area contributed by atoms with E-state index in [4.69, 9.17) is 23.2 Å². The van der Waals surface area contributed by atoms with Gasteiger partial charge in [0.25, 0.3) is 5.91 Å². The van der Waals surface area contributed by atoms with Crippen molar-refractivity contribution in [3.63, 3.8) is 0 Å². The number of benzene rings is 2. The first kappa shape index (κ1) is 19.6. The van der Waals surface area contributed by atoms with Crippen molar-refractivity contribution in [2.75, 3.05) is 18.4 Å². The molecule has 10 heteroatoms. The third kappa shape index (κ3) is 3.75. The summed E-state index contributed by atoms with van der Waals surface area (Å²) in [5.74, 6) is -0.411. The zero-order chi connectivity index (χ0) is 19.9. The molecule has 2 heterocycles. The summed E-state index contributed by atoms with van der Waals surface area (Å²) in [5.41, 5.74) is 0.894. The number of anilines is 1. The topological polar surface area (TPSA) is 79.4 Å². The van der Waals surface area contributed by atoms with Crippen LogP contribution in [0.3, 0.4) is 0 Å². The number of halogens is 2. The van der Waals surface area contributed by atoms with E-state index in [-0.39, 0.29) is 15.5 Å². The second-order valence-electron chi connectivity index (χ2n) is 6.34. The second-order valence-corrected chi connectivity index (χ2v) is 10.2. The molecule has 1 amide bonds. The van der Waals surface area contributed by atoms with Gasteiger partial charge in [-0.1, -0.05) is 34.5 Å². The number of carbonyl (C=O) groups excluding carboxylic acids is 1. The average Bonchev–Trinajstić information content (AvgIpc) is 3.30. The SMILES string of the molecule is O=C(Nc1nc2ccc(S(=O)(=O)N3CCCC3)cc2s1)c1ccc(Cl)cc1Cl. The number of sulfonamides is 1. The van der Waals surface area contributed by atoms with E-state index in [0.29, 0.717) is 33.5 Å². The number of hydrogen-bond acceptors (Lipinski definition) is 5. The highest BCUT2D eigenvalue weighted by atomic mass is 35.5. The average molecular weight is 456 g/mol. The van der Waals surface area contributed by atoms with E-state index in [0.717, 1.165) is 12.8 Å². The number of rotatable bonds is 4. The Morgan fingerprint density at radius 3 is 2.57 bits per heavy atom. The van der Waals surface area contributed by atoms with Gasteiger partial charge < -0.3 is 0 Å². The van der Waals surface area contributed by atoms with Gasteiger partial charge in [-0.3, -0.25) is 10.1 Å². The summed E-state index contributed by atoms with van der Waals surface area (Å²) < 4.78 is 27.6. The van der Waals surface area contributed by atoms with Crippen LogP contribution in [0.4, 0.5) is 5.13 Å². The molecule has 146 valence electrons. The van der Waals surface area contributed by atoms with Crippen LogP contribution in [0.5, 0.6) is 0 Å². The van der Waals surface area contributed by atoms with Gasteiger partial charge in [0, 0.05) is 18.1 Å². The minimum absolute atomic E-state index is 0.240. The minimum atomic E-state index is -3.50. The van der Waals surface area contributed by atoms with E-state index in [1.165, 1.54) is 27.8 Å². The smallest absolute Gasteiger partial charge is 0.258 e. The highest BCUT2D eigenvalue weighted by Gasteiger charge is 2.27. The number of hydrogen-bond donors (Lipinski definition) is 1. The number of fused-ring (bicyclic) bond motifs is 1. The molecule has 1 saturated heterocycles. The van der Waals surface area contributed by atoms with E-state index in [9.17, 15) is 13.2 Å². The molecule has 1 aliphatic heterocycles. The number of amides is 1. The molecular formula is C18H15Cl2N3O3S2. The van der Waals surface area contributed by atoms with Gasteiger partial charge in [-0.25, -0.2) is 13.4 Å². The molecule has 0 atom stereocenters. The number of thiazole rings is 1. The zero-order valence-electron chi connectivity index (χ0n) is 14.5. The van der Waals surface area contributed by atoms with Crippen molar-refractivity contribution < 1.29 is 13.2 Å². The Morgan fingerprint density at radius 2 is 1.86 bits per heavy atom. The van der Waals surface area contributed by atoms with Crippen molar-refractivity contribution in [2.45, 2.75) is 17.7 Å². The first-order valence-corrected chi connectivity index (χ1v) is 11.5. The number of nitrogens with one attached hydrogen (secondary N) is 1. The Labute approximate surface area is 176 Å². The molecule has 1 fully saturated rings. The van der Waals surface area contributed by atoms with Crippen LogP contribution >= 0.6 is 34.5 Å². The highest BCUT2D eigenvalue weighted by molar-refractivity contribution is 7.89. The molecule has 2 aromatic carbocycles.